The number of rotatable bonds is 3. The van der Waals surface area contributed by atoms with Gasteiger partial charge in [-0.3, -0.25) is 9.59 Å². The number of hydrogen-bond donors (Lipinski definition) is 0. The molecule has 0 spiro atoms. The second-order valence-electron chi connectivity index (χ2n) is 4.23. The first-order chi connectivity index (χ1) is 7.43. The third kappa shape index (κ3) is 3.42. The molecule has 3 nitrogen and oxygen atoms in total. The summed E-state index contributed by atoms with van der Waals surface area (Å²) in [6, 6.07) is 0.317. The van der Waals surface area contributed by atoms with Crippen molar-refractivity contribution in [2.75, 3.05) is 11.5 Å². The van der Waals surface area contributed by atoms with Crippen LogP contribution in [-0.4, -0.2) is 38.8 Å². The van der Waals surface area contributed by atoms with Gasteiger partial charge in [-0.25, -0.2) is 0 Å². The second-order valence-corrected chi connectivity index (χ2v) is 6.78. The zero-order valence-electron chi connectivity index (χ0n) is 10.2. The number of thioether (sulfide) groups is 2. The minimum Gasteiger partial charge on any atom is -0.327 e. The SMILES string of the molecule is CC(=O)SCC(C)C(=O)N1C(C)CSC1C. The maximum Gasteiger partial charge on any atom is 0.227 e. The Bertz CT molecular complexity index is 273. The molecule has 1 rings (SSSR count). The van der Waals surface area contributed by atoms with Crippen molar-refractivity contribution in [2.24, 2.45) is 5.92 Å². The number of carbonyl (C=O) groups is 2. The highest BCUT2D eigenvalue weighted by Gasteiger charge is 2.34. The van der Waals surface area contributed by atoms with Crippen LogP contribution in [-0.2, 0) is 9.59 Å². The van der Waals surface area contributed by atoms with Crippen LogP contribution in [0, 0.1) is 5.92 Å². The van der Waals surface area contributed by atoms with Crippen molar-refractivity contribution in [3.05, 3.63) is 0 Å². The topological polar surface area (TPSA) is 37.4 Å². The number of amides is 1. The van der Waals surface area contributed by atoms with Gasteiger partial charge in [-0.05, 0) is 13.8 Å². The summed E-state index contributed by atoms with van der Waals surface area (Å²) in [5, 5.41) is 0.351. The fourth-order valence-corrected chi connectivity index (χ4v) is 3.58. The van der Waals surface area contributed by atoms with Crippen LogP contribution in [0.2, 0.25) is 0 Å². The maximum atomic E-state index is 12.2. The highest BCUT2D eigenvalue weighted by molar-refractivity contribution is 8.13. The molecule has 0 radical (unpaired) electrons. The average Bonchev–Trinajstić information content (AvgIpc) is 2.54. The van der Waals surface area contributed by atoms with Gasteiger partial charge in [0.15, 0.2) is 5.12 Å². The van der Waals surface area contributed by atoms with Crippen molar-refractivity contribution < 1.29 is 9.59 Å². The Hall–Kier alpha value is -0.160. The molecule has 5 heteroatoms. The molecule has 1 aliphatic heterocycles. The van der Waals surface area contributed by atoms with E-state index < -0.39 is 0 Å². The van der Waals surface area contributed by atoms with Crippen molar-refractivity contribution in [1.29, 1.82) is 0 Å². The molecule has 0 aliphatic carbocycles. The molecule has 3 unspecified atom stereocenters. The first kappa shape index (κ1) is 13.9. The van der Waals surface area contributed by atoms with Crippen LogP contribution in [0.15, 0.2) is 0 Å². The molecule has 92 valence electrons. The molecular formula is C11H19NO2S2. The summed E-state index contributed by atoms with van der Waals surface area (Å²) >= 11 is 3.05. The van der Waals surface area contributed by atoms with Gasteiger partial charge < -0.3 is 4.90 Å². The van der Waals surface area contributed by atoms with Crippen LogP contribution >= 0.6 is 23.5 Å². The Balaban J connectivity index is 2.52. The zero-order valence-corrected chi connectivity index (χ0v) is 11.9. The quantitative estimate of drug-likeness (QED) is 0.780. The third-order valence-corrected chi connectivity index (χ3v) is 5.12. The Morgan fingerprint density at radius 2 is 2.12 bits per heavy atom. The molecule has 1 fully saturated rings. The Morgan fingerprint density at radius 3 is 2.56 bits per heavy atom. The first-order valence-electron chi connectivity index (χ1n) is 5.50. The zero-order chi connectivity index (χ0) is 12.3. The molecule has 1 saturated heterocycles. The predicted octanol–water partition coefficient (Wildman–Crippen LogP) is 2.21. The van der Waals surface area contributed by atoms with Crippen molar-refractivity contribution in [3.8, 4) is 0 Å². The van der Waals surface area contributed by atoms with Crippen LogP contribution in [0.4, 0.5) is 0 Å². The van der Waals surface area contributed by atoms with Crippen LogP contribution in [0.1, 0.15) is 27.7 Å². The van der Waals surface area contributed by atoms with E-state index in [9.17, 15) is 9.59 Å². The van der Waals surface area contributed by atoms with Crippen molar-refractivity contribution in [1.82, 2.24) is 4.90 Å². The van der Waals surface area contributed by atoms with E-state index in [2.05, 4.69) is 13.8 Å². The van der Waals surface area contributed by atoms with Gasteiger partial charge in [0.25, 0.3) is 0 Å². The molecule has 0 bridgehead atoms. The van der Waals surface area contributed by atoms with Gasteiger partial charge in [0, 0.05) is 30.4 Å². The maximum absolute atomic E-state index is 12.2. The van der Waals surface area contributed by atoms with E-state index in [1.165, 1.54) is 11.8 Å². The fourth-order valence-electron chi connectivity index (χ4n) is 1.76. The van der Waals surface area contributed by atoms with E-state index in [0.717, 1.165) is 5.75 Å². The van der Waals surface area contributed by atoms with Crippen LogP contribution in [0.25, 0.3) is 0 Å². The summed E-state index contributed by atoms with van der Waals surface area (Å²) < 4.78 is 0. The van der Waals surface area contributed by atoms with Gasteiger partial charge in [-0.1, -0.05) is 18.7 Å². The first-order valence-corrected chi connectivity index (χ1v) is 7.54. The Labute approximate surface area is 106 Å². The Kier molecular flexibility index (Phi) is 5.18. The normalized spacial score (nSPS) is 26.9. The lowest BCUT2D eigenvalue weighted by molar-refractivity contribution is -0.135. The van der Waals surface area contributed by atoms with Crippen LogP contribution in [0.3, 0.4) is 0 Å². The van der Waals surface area contributed by atoms with Crippen LogP contribution in [0.5, 0.6) is 0 Å². The fraction of sp³-hybridized carbons (Fsp3) is 0.818. The molecule has 0 aromatic rings. The van der Waals surface area contributed by atoms with Gasteiger partial charge in [0.2, 0.25) is 5.91 Å². The third-order valence-electron chi connectivity index (χ3n) is 2.66. The van der Waals surface area contributed by atoms with Crippen molar-refractivity contribution in [3.63, 3.8) is 0 Å². The molecular weight excluding hydrogens is 242 g/mol. The summed E-state index contributed by atoms with van der Waals surface area (Å²) in [5.41, 5.74) is 0. The molecule has 0 N–H and O–H groups in total. The lowest BCUT2D eigenvalue weighted by Crippen LogP contribution is -2.42. The second kappa shape index (κ2) is 5.96. The van der Waals surface area contributed by atoms with Crippen molar-refractivity contribution in [2.45, 2.75) is 39.1 Å². The number of hydrogen-bond acceptors (Lipinski definition) is 4. The monoisotopic (exact) mass is 261 g/mol. The van der Waals surface area contributed by atoms with Crippen molar-refractivity contribution >= 4 is 34.5 Å². The number of nitrogens with zero attached hydrogens (tertiary/aromatic N) is 1. The highest BCUT2D eigenvalue weighted by atomic mass is 32.2. The summed E-state index contributed by atoms with van der Waals surface area (Å²) in [5.74, 6) is 1.71. The van der Waals surface area contributed by atoms with E-state index in [1.54, 1.807) is 6.92 Å². The summed E-state index contributed by atoms with van der Waals surface area (Å²) in [6.07, 6.45) is 0. The lowest BCUT2D eigenvalue weighted by atomic mass is 10.1. The van der Waals surface area contributed by atoms with Gasteiger partial charge in [0.1, 0.15) is 0 Å². The van der Waals surface area contributed by atoms with E-state index >= 15 is 0 Å². The molecule has 1 aliphatic rings. The molecule has 1 heterocycles. The van der Waals surface area contributed by atoms with E-state index in [4.69, 9.17) is 0 Å². The lowest BCUT2D eigenvalue weighted by Gasteiger charge is -2.28. The molecule has 1 amide bonds. The van der Waals surface area contributed by atoms with E-state index in [1.807, 2.05) is 23.6 Å². The van der Waals surface area contributed by atoms with Crippen LogP contribution < -0.4 is 0 Å². The minimum absolute atomic E-state index is 0.0718. The molecule has 0 aromatic carbocycles. The van der Waals surface area contributed by atoms with Gasteiger partial charge in [-0.15, -0.1) is 11.8 Å². The largest absolute Gasteiger partial charge is 0.327 e. The molecule has 0 aromatic heterocycles. The predicted molar refractivity (Wildman–Crippen MR) is 70.5 cm³/mol. The van der Waals surface area contributed by atoms with Gasteiger partial charge in [-0.2, -0.15) is 0 Å². The van der Waals surface area contributed by atoms with E-state index in [0.29, 0.717) is 11.8 Å². The summed E-state index contributed by atoms with van der Waals surface area (Å²) in [7, 11) is 0. The standard InChI is InChI=1S/C11H19NO2S2/c1-7(5-16-10(4)13)11(14)12-8(2)6-15-9(12)3/h7-9H,5-6H2,1-4H3. The molecule has 0 saturated carbocycles. The summed E-state index contributed by atoms with van der Waals surface area (Å²) in [4.78, 5) is 25.0. The van der Waals surface area contributed by atoms with E-state index in [-0.39, 0.29) is 22.3 Å². The smallest absolute Gasteiger partial charge is 0.227 e. The van der Waals surface area contributed by atoms with Gasteiger partial charge >= 0.3 is 0 Å². The van der Waals surface area contributed by atoms with Gasteiger partial charge in [0.05, 0.1) is 5.37 Å². The minimum atomic E-state index is -0.0718. The Morgan fingerprint density at radius 1 is 1.50 bits per heavy atom. The molecule has 16 heavy (non-hydrogen) atoms. The molecule has 3 atom stereocenters. The summed E-state index contributed by atoms with van der Waals surface area (Å²) in [6.45, 7) is 7.59. The highest BCUT2D eigenvalue weighted by Crippen LogP contribution is 2.30. The number of carbonyl (C=O) groups excluding carboxylic acids is 2. The average molecular weight is 261 g/mol.